The molecular weight excluding hydrogens is 873 g/mol. The Balaban J connectivity index is 0.000000205. The second-order valence-corrected chi connectivity index (χ2v) is 16.3. The van der Waals surface area contributed by atoms with Crippen LogP contribution in [0.2, 0.25) is 15.1 Å². The highest BCUT2D eigenvalue weighted by Crippen LogP contribution is 2.26. The van der Waals surface area contributed by atoms with E-state index in [0.29, 0.717) is 113 Å². The Morgan fingerprint density at radius 1 is 0.581 bits per heavy atom. The molecule has 3 atom stereocenters. The standard InChI is InChI=1S/C16H18ClFO3.C15H16ClFO4.C15H17ClO4/c17-12-6-7-16(14(18)10-12)21-8-2-4-13(19)9-11-3-1-5-15(11)20;16-13-4-3-12(9-14(13)17)20-6-1-2-11(18)8-10-5-7-21-15(10)19;16-12-3-5-14(6-4-12)19-8-1-2-13(17)10-11-7-9-20-15(11)18/h6-7,10-11H,1-5,8-9H2;3-4,9-10H,1-2,5-8H2;3-6,11H,1-2,7-10H2. The van der Waals surface area contributed by atoms with Crippen molar-refractivity contribution in [2.45, 2.75) is 89.9 Å². The van der Waals surface area contributed by atoms with Crippen LogP contribution in [0.1, 0.15) is 89.9 Å². The van der Waals surface area contributed by atoms with Gasteiger partial charge in [-0.05, 0) is 99.5 Å². The van der Waals surface area contributed by atoms with E-state index >= 15 is 0 Å². The predicted octanol–water partition coefficient (Wildman–Crippen LogP) is 10.1. The molecule has 1 saturated carbocycles. The zero-order valence-corrected chi connectivity index (χ0v) is 36.6. The highest BCUT2D eigenvalue weighted by molar-refractivity contribution is 6.31. The average Bonchev–Trinajstić information content (AvgIpc) is 3.97. The number of hydrogen-bond donors (Lipinski definition) is 0. The molecule has 2 aliphatic heterocycles. The van der Waals surface area contributed by atoms with Crippen LogP contribution in [0, 0.1) is 29.4 Å². The van der Waals surface area contributed by atoms with E-state index in [1.807, 2.05) is 0 Å². The van der Waals surface area contributed by atoms with Crippen LogP contribution < -0.4 is 14.2 Å². The zero-order chi connectivity index (χ0) is 44.9. The third-order valence-corrected chi connectivity index (χ3v) is 10.9. The van der Waals surface area contributed by atoms with E-state index < -0.39 is 11.6 Å². The lowest BCUT2D eigenvalue weighted by atomic mass is 9.98. The first-order chi connectivity index (χ1) is 29.8. The van der Waals surface area contributed by atoms with Gasteiger partial charge in [-0.1, -0.05) is 34.8 Å². The summed E-state index contributed by atoms with van der Waals surface area (Å²) < 4.78 is 52.4. The number of esters is 2. The minimum atomic E-state index is -0.537. The van der Waals surface area contributed by atoms with Crippen LogP contribution in [-0.2, 0) is 38.2 Å². The largest absolute Gasteiger partial charge is 0.494 e. The van der Waals surface area contributed by atoms with E-state index in [-0.39, 0.29) is 76.6 Å². The summed E-state index contributed by atoms with van der Waals surface area (Å²) in [6.07, 6.45) is 7.27. The number of hydrogen-bond acceptors (Lipinski definition) is 11. The molecule has 336 valence electrons. The first kappa shape index (κ1) is 50.1. The van der Waals surface area contributed by atoms with E-state index in [1.54, 1.807) is 36.4 Å². The summed E-state index contributed by atoms with van der Waals surface area (Å²) in [5, 5.41) is 1.02. The fourth-order valence-corrected chi connectivity index (χ4v) is 7.14. The molecule has 3 fully saturated rings. The van der Waals surface area contributed by atoms with Crippen molar-refractivity contribution in [1.29, 1.82) is 0 Å². The van der Waals surface area contributed by atoms with Crippen molar-refractivity contribution < 1.29 is 61.2 Å². The molecule has 3 aromatic rings. The summed E-state index contributed by atoms with van der Waals surface area (Å²) in [4.78, 5) is 69.1. The van der Waals surface area contributed by atoms with Gasteiger partial charge in [0.25, 0.3) is 0 Å². The maximum absolute atomic E-state index is 13.4. The molecule has 62 heavy (non-hydrogen) atoms. The molecule has 0 bridgehead atoms. The van der Waals surface area contributed by atoms with Crippen molar-refractivity contribution in [3.8, 4) is 17.2 Å². The predicted molar refractivity (Wildman–Crippen MR) is 228 cm³/mol. The number of benzene rings is 3. The van der Waals surface area contributed by atoms with Gasteiger partial charge in [0.05, 0.1) is 49.9 Å². The molecule has 0 N–H and O–H groups in total. The summed E-state index contributed by atoms with van der Waals surface area (Å²) >= 11 is 17.0. The molecule has 2 heterocycles. The lowest BCUT2D eigenvalue weighted by Gasteiger charge is -2.08. The van der Waals surface area contributed by atoms with Gasteiger partial charge in [-0.3, -0.25) is 28.8 Å². The number of carbonyl (C=O) groups excluding carboxylic acids is 6. The summed E-state index contributed by atoms with van der Waals surface area (Å²) in [5.41, 5.74) is 0. The zero-order valence-electron chi connectivity index (χ0n) is 34.3. The van der Waals surface area contributed by atoms with Crippen LogP contribution >= 0.6 is 34.8 Å². The second kappa shape index (κ2) is 26.8. The third-order valence-electron chi connectivity index (χ3n) is 10.1. The van der Waals surface area contributed by atoms with Crippen molar-refractivity contribution in [2.24, 2.45) is 17.8 Å². The smallest absolute Gasteiger partial charge is 0.309 e. The lowest BCUT2D eigenvalue weighted by Crippen LogP contribution is -2.14. The second-order valence-electron chi connectivity index (χ2n) is 15.1. The van der Waals surface area contributed by atoms with E-state index in [4.69, 9.17) is 58.5 Å². The van der Waals surface area contributed by atoms with Crippen LogP contribution in [0.25, 0.3) is 0 Å². The fourth-order valence-electron chi connectivity index (χ4n) is 6.74. The number of ether oxygens (including phenoxy) is 5. The molecule has 0 amide bonds. The van der Waals surface area contributed by atoms with Crippen molar-refractivity contribution in [3.63, 3.8) is 0 Å². The molecule has 3 unspecified atom stereocenters. The molecule has 11 nitrogen and oxygen atoms in total. The monoisotopic (exact) mass is 922 g/mol. The SMILES string of the molecule is O=C(CCCOc1ccc(Cl)c(F)c1)CC1CCOC1=O.O=C(CCCOc1ccc(Cl)cc1)CC1CCOC1=O.O=C(CCCOc1ccc(Cl)cc1F)CC1CCCC1=O. The molecule has 0 radical (unpaired) electrons. The van der Waals surface area contributed by atoms with E-state index in [2.05, 4.69) is 0 Å². The van der Waals surface area contributed by atoms with Crippen molar-refractivity contribution in [1.82, 2.24) is 0 Å². The molecule has 2 saturated heterocycles. The number of halogens is 5. The molecule has 6 rings (SSSR count). The highest BCUT2D eigenvalue weighted by atomic mass is 35.5. The van der Waals surface area contributed by atoms with Crippen molar-refractivity contribution in [2.75, 3.05) is 33.0 Å². The van der Waals surface area contributed by atoms with Crippen LogP contribution in [-0.4, -0.2) is 68.1 Å². The number of cyclic esters (lactones) is 2. The maximum atomic E-state index is 13.4. The number of carbonyl (C=O) groups is 6. The minimum absolute atomic E-state index is 0.0183. The Morgan fingerprint density at radius 2 is 1.08 bits per heavy atom. The Kier molecular flexibility index (Phi) is 21.6. The van der Waals surface area contributed by atoms with E-state index in [9.17, 15) is 37.5 Å². The molecule has 16 heteroatoms. The number of Topliss-reactive ketones (excluding diaryl/α,β-unsaturated/α-hetero) is 4. The topological polar surface area (TPSA) is 149 Å². The van der Waals surface area contributed by atoms with E-state index in [0.717, 1.165) is 18.6 Å². The number of ketones is 4. The summed E-state index contributed by atoms with van der Waals surface area (Å²) in [6, 6.07) is 15.5. The third kappa shape index (κ3) is 18.4. The molecule has 3 aliphatic rings. The van der Waals surface area contributed by atoms with Gasteiger partial charge < -0.3 is 23.7 Å². The van der Waals surface area contributed by atoms with Crippen LogP contribution in [0.4, 0.5) is 8.78 Å². The summed E-state index contributed by atoms with van der Waals surface area (Å²) in [5.74, 6) is -0.516. The Morgan fingerprint density at radius 3 is 1.56 bits per heavy atom. The van der Waals surface area contributed by atoms with Gasteiger partial charge in [0.15, 0.2) is 11.6 Å². The first-order valence-electron chi connectivity index (χ1n) is 20.7. The van der Waals surface area contributed by atoms with Gasteiger partial charge >= 0.3 is 11.9 Å². The normalized spacial score (nSPS) is 17.8. The Bertz CT molecular complexity index is 1980. The summed E-state index contributed by atoms with van der Waals surface area (Å²) in [6.45, 7) is 1.89. The lowest BCUT2D eigenvalue weighted by molar-refractivity contribution is -0.143. The van der Waals surface area contributed by atoms with Crippen molar-refractivity contribution >= 4 is 69.9 Å². The molecule has 3 aromatic carbocycles. The Hall–Kier alpha value is -4.59. The van der Waals surface area contributed by atoms with Gasteiger partial charge in [0.1, 0.15) is 40.4 Å². The highest BCUT2D eigenvalue weighted by Gasteiger charge is 2.29. The van der Waals surface area contributed by atoms with Gasteiger partial charge in [-0.25, -0.2) is 8.78 Å². The Labute approximate surface area is 375 Å². The van der Waals surface area contributed by atoms with E-state index in [1.165, 1.54) is 24.3 Å². The quantitative estimate of drug-likeness (QED) is 0.0742. The maximum Gasteiger partial charge on any atom is 0.309 e. The number of rotatable bonds is 21. The molecule has 0 aromatic heterocycles. The van der Waals surface area contributed by atoms with Gasteiger partial charge in [0, 0.05) is 67.0 Å². The molecule has 1 aliphatic carbocycles. The van der Waals surface area contributed by atoms with Gasteiger partial charge in [-0.15, -0.1) is 0 Å². The van der Waals surface area contributed by atoms with Crippen molar-refractivity contribution in [3.05, 3.63) is 87.4 Å². The molecule has 0 spiro atoms. The first-order valence-corrected chi connectivity index (χ1v) is 21.9. The molecular formula is C46H51Cl3F2O11. The summed E-state index contributed by atoms with van der Waals surface area (Å²) in [7, 11) is 0. The fraction of sp³-hybridized carbons (Fsp3) is 0.478. The van der Waals surface area contributed by atoms with Gasteiger partial charge in [-0.2, -0.15) is 0 Å². The van der Waals surface area contributed by atoms with Gasteiger partial charge in [0.2, 0.25) is 0 Å². The van der Waals surface area contributed by atoms with Crippen LogP contribution in [0.3, 0.4) is 0 Å². The minimum Gasteiger partial charge on any atom is -0.494 e. The van der Waals surface area contributed by atoms with Crippen LogP contribution in [0.15, 0.2) is 60.7 Å². The van der Waals surface area contributed by atoms with Crippen LogP contribution in [0.5, 0.6) is 17.2 Å². The average molecular weight is 924 g/mol.